The maximum absolute atomic E-state index is 5.80. The largest absolute Gasteiger partial charge is 0.399 e. The second-order valence-electron chi connectivity index (χ2n) is 4.09. The predicted molar refractivity (Wildman–Crippen MR) is 75.2 cm³/mol. The minimum atomic E-state index is 0.639. The summed E-state index contributed by atoms with van der Waals surface area (Å²) >= 11 is 3.37. The van der Waals surface area contributed by atoms with Crippen LogP contribution < -0.4 is 5.73 Å². The number of nitrogens with two attached hydrogens (primary N) is 1. The van der Waals surface area contributed by atoms with Crippen LogP contribution in [0.2, 0.25) is 0 Å². The van der Waals surface area contributed by atoms with E-state index in [9.17, 15) is 0 Å². The van der Waals surface area contributed by atoms with Gasteiger partial charge in [-0.3, -0.25) is 9.67 Å². The normalized spacial score (nSPS) is 10.9. The van der Waals surface area contributed by atoms with Crippen LogP contribution in [0.5, 0.6) is 0 Å². The Balaban J connectivity index is 1.99. The van der Waals surface area contributed by atoms with Gasteiger partial charge in [-0.05, 0) is 46.3 Å². The lowest BCUT2D eigenvalue weighted by Gasteiger charge is -2.04. The van der Waals surface area contributed by atoms with Crippen LogP contribution in [0.3, 0.4) is 0 Å². The van der Waals surface area contributed by atoms with Crippen molar-refractivity contribution in [3.8, 4) is 0 Å². The Bertz CT molecular complexity index is 688. The lowest BCUT2D eigenvalue weighted by molar-refractivity contribution is 0.696. The zero-order chi connectivity index (χ0) is 12.5. The number of nitrogen functional groups attached to an aromatic ring is 1. The Morgan fingerprint density at radius 2 is 2.06 bits per heavy atom. The summed E-state index contributed by atoms with van der Waals surface area (Å²) in [5.74, 6) is 0. The number of fused-ring (bicyclic) bond motifs is 1. The Hall–Kier alpha value is -1.88. The lowest BCUT2D eigenvalue weighted by atomic mass is 10.2. The third-order valence-electron chi connectivity index (χ3n) is 2.77. The van der Waals surface area contributed by atoms with Crippen LogP contribution in [0.4, 0.5) is 5.69 Å². The van der Waals surface area contributed by atoms with Crippen LogP contribution in [0, 0.1) is 0 Å². The van der Waals surface area contributed by atoms with E-state index in [0.29, 0.717) is 6.54 Å². The fourth-order valence-electron chi connectivity index (χ4n) is 1.87. The molecule has 1 aromatic carbocycles. The first kappa shape index (κ1) is 11.2. The molecule has 90 valence electrons. The Kier molecular flexibility index (Phi) is 2.76. The number of benzene rings is 1. The van der Waals surface area contributed by atoms with Crippen LogP contribution in [0.1, 0.15) is 5.69 Å². The van der Waals surface area contributed by atoms with E-state index < -0.39 is 0 Å². The van der Waals surface area contributed by atoms with Gasteiger partial charge in [0.2, 0.25) is 0 Å². The zero-order valence-corrected chi connectivity index (χ0v) is 11.1. The molecule has 0 saturated heterocycles. The summed E-state index contributed by atoms with van der Waals surface area (Å²) in [6.45, 7) is 0.639. The number of nitrogens with zero attached hydrogens (tertiary/aromatic N) is 3. The summed E-state index contributed by atoms with van der Waals surface area (Å²) in [7, 11) is 0. The molecule has 0 spiro atoms. The van der Waals surface area contributed by atoms with Crippen LogP contribution in [-0.4, -0.2) is 14.8 Å². The maximum atomic E-state index is 5.80. The van der Waals surface area contributed by atoms with Gasteiger partial charge in [-0.2, -0.15) is 5.10 Å². The summed E-state index contributed by atoms with van der Waals surface area (Å²) in [6.07, 6.45) is 3.63. The first-order valence-electron chi connectivity index (χ1n) is 5.54. The second kappa shape index (κ2) is 4.42. The molecule has 0 bridgehead atoms. The van der Waals surface area contributed by atoms with Crippen molar-refractivity contribution < 1.29 is 0 Å². The first-order chi connectivity index (χ1) is 8.72. The van der Waals surface area contributed by atoms with Crippen molar-refractivity contribution in [2.75, 3.05) is 5.73 Å². The highest BCUT2D eigenvalue weighted by Crippen LogP contribution is 2.18. The zero-order valence-electron chi connectivity index (χ0n) is 9.55. The van der Waals surface area contributed by atoms with Gasteiger partial charge in [-0.15, -0.1) is 0 Å². The van der Waals surface area contributed by atoms with Gasteiger partial charge >= 0.3 is 0 Å². The Labute approximate surface area is 113 Å². The summed E-state index contributed by atoms with van der Waals surface area (Å²) in [5, 5.41) is 5.45. The van der Waals surface area contributed by atoms with Crippen LogP contribution in [0.15, 0.2) is 47.2 Å². The molecule has 0 saturated carbocycles. The number of hydrogen-bond acceptors (Lipinski definition) is 3. The van der Waals surface area contributed by atoms with Gasteiger partial charge in [-0.1, -0.05) is 0 Å². The van der Waals surface area contributed by atoms with E-state index in [0.717, 1.165) is 26.8 Å². The van der Waals surface area contributed by atoms with E-state index in [4.69, 9.17) is 5.73 Å². The topological polar surface area (TPSA) is 56.7 Å². The third kappa shape index (κ3) is 2.09. The third-order valence-corrected chi connectivity index (χ3v) is 3.24. The van der Waals surface area contributed by atoms with Gasteiger partial charge in [0.1, 0.15) is 0 Å². The minimum absolute atomic E-state index is 0.639. The van der Waals surface area contributed by atoms with E-state index >= 15 is 0 Å². The second-order valence-corrected chi connectivity index (χ2v) is 5.00. The van der Waals surface area contributed by atoms with E-state index in [1.54, 1.807) is 6.20 Å². The first-order valence-corrected chi connectivity index (χ1v) is 6.33. The average molecular weight is 303 g/mol. The molecule has 0 aliphatic rings. The number of pyridine rings is 1. The van der Waals surface area contributed by atoms with Crippen LogP contribution >= 0.6 is 15.9 Å². The maximum Gasteiger partial charge on any atom is 0.0838 e. The fraction of sp³-hybridized carbons (Fsp3) is 0.0769. The monoisotopic (exact) mass is 302 g/mol. The van der Waals surface area contributed by atoms with Crippen molar-refractivity contribution in [3.63, 3.8) is 0 Å². The van der Waals surface area contributed by atoms with Gasteiger partial charge in [0.05, 0.1) is 24.0 Å². The molecule has 0 radical (unpaired) electrons. The minimum Gasteiger partial charge on any atom is -0.399 e. The molecule has 3 rings (SSSR count). The lowest BCUT2D eigenvalue weighted by Crippen LogP contribution is -2.03. The molecule has 0 atom stereocenters. The highest BCUT2D eigenvalue weighted by Gasteiger charge is 2.04. The van der Waals surface area contributed by atoms with Crippen molar-refractivity contribution in [1.82, 2.24) is 14.8 Å². The fourth-order valence-corrected chi connectivity index (χ4v) is 2.10. The number of rotatable bonds is 2. The average Bonchev–Trinajstić information content (AvgIpc) is 2.75. The van der Waals surface area contributed by atoms with Crippen LogP contribution in [0.25, 0.3) is 10.9 Å². The van der Waals surface area contributed by atoms with Gasteiger partial charge in [-0.25, -0.2) is 0 Å². The van der Waals surface area contributed by atoms with E-state index in [1.807, 2.05) is 41.2 Å². The summed E-state index contributed by atoms with van der Waals surface area (Å²) in [6, 6.07) is 9.74. The Morgan fingerprint density at radius 3 is 2.83 bits per heavy atom. The molecule has 4 nitrogen and oxygen atoms in total. The molecular formula is C13H11BrN4. The van der Waals surface area contributed by atoms with Gasteiger partial charge in [0.15, 0.2) is 0 Å². The van der Waals surface area contributed by atoms with Crippen molar-refractivity contribution in [3.05, 3.63) is 52.9 Å². The van der Waals surface area contributed by atoms with Gasteiger partial charge in [0.25, 0.3) is 0 Å². The highest BCUT2D eigenvalue weighted by atomic mass is 79.9. The number of hydrogen-bond donors (Lipinski definition) is 1. The van der Waals surface area contributed by atoms with Crippen LogP contribution in [-0.2, 0) is 6.54 Å². The van der Waals surface area contributed by atoms with Crippen molar-refractivity contribution in [2.24, 2.45) is 0 Å². The van der Waals surface area contributed by atoms with E-state index in [2.05, 4.69) is 26.0 Å². The smallest absolute Gasteiger partial charge is 0.0838 e. The molecule has 0 unspecified atom stereocenters. The molecule has 2 aromatic heterocycles. The summed E-state index contributed by atoms with van der Waals surface area (Å²) in [5.41, 5.74) is 8.54. The molecule has 5 heteroatoms. The van der Waals surface area contributed by atoms with Gasteiger partial charge < -0.3 is 5.73 Å². The molecular weight excluding hydrogens is 292 g/mol. The van der Waals surface area contributed by atoms with E-state index in [-0.39, 0.29) is 0 Å². The van der Waals surface area contributed by atoms with Crippen molar-refractivity contribution in [2.45, 2.75) is 6.54 Å². The molecule has 0 aliphatic heterocycles. The molecule has 0 aliphatic carbocycles. The number of halogens is 1. The molecule has 2 N–H and O–H groups in total. The molecule has 3 aromatic rings. The summed E-state index contributed by atoms with van der Waals surface area (Å²) in [4.78, 5) is 4.34. The number of anilines is 1. The van der Waals surface area contributed by atoms with Crippen molar-refractivity contribution >= 4 is 32.5 Å². The molecule has 0 amide bonds. The standard InChI is InChI=1S/C13H11BrN4/c14-10-2-4-12(16-7-10)8-18-13-5-11(15)3-1-9(13)6-17-18/h1-7H,8,15H2. The number of aromatic nitrogens is 3. The Morgan fingerprint density at radius 1 is 1.17 bits per heavy atom. The molecule has 0 fully saturated rings. The predicted octanol–water partition coefficient (Wildman–Crippen LogP) is 2.82. The van der Waals surface area contributed by atoms with E-state index in [1.165, 1.54) is 0 Å². The SMILES string of the molecule is Nc1ccc2cnn(Cc3ccc(Br)cn3)c2c1. The van der Waals surface area contributed by atoms with Crippen molar-refractivity contribution in [1.29, 1.82) is 0 Å². The molecule has 2 heterocycles. The quantitative estimate of drug-likeness (QED) is 0.741. The highest BCUT2D eigenvalue weighted by molar-refractivity contribution is 9.10. The summed E-state index contributed by atoms with van der Waals surface area (Å²) < 4.78 is 2.88. The van der Waals surface area contributed by atoms with Gasteiger partial charge in [0, 0.05) is 21.7 Å². The molecule has 18 heavy (non-hydrogen) atoms.